The van der Waals surface area contributed by atoms with Crippen molar-refractivity contribution >= 4 is 40.0 Å². The zero-order valence-electron chi connectivity index (χ0n) is 19.8. The van der Waals surface area contributed by atoms with E-state index in [1.54, 1.807) is 50.2 Å². The van der Waals surface area contributed by atoms with Gasteiger partial charge in [-0.1, -0.05) is 17.7 Å². The van der Waals surface area contributed by atoms with Crippen LogP contribution in [0.15, 0.2) is 61.1 Å². The molecular formula is C26H25ClN6O3. The summed E-state index contributed by atoms with van der Waals surface area (Å²) in [5.41, 5.74) is 1.66. The van der Waals surface area contributed by atoms with Gasteiger partial charge in [0.15, 0.2) is 5.82 Å². The molecule has 0 saturated heterocycles. The monoisotopic (exact) mass is 504 g/mol. The number of amides is 1. The summed E-state index contributed by atoms with van der Waals surface area (Å²) >= 11 is 6.47. The molecule has 2 aromatic heterocycles. The largest absolute Gasteiger partial charge is 0.456 e. The maximum atomic E-state index is 12.0. The number of halogens is 1. The molecule has 0 aliphatic carbocycles. The van der Waals surface area contributed by atoms with Crippen LogP contribution in [0, 0.1) is 11.3 Å². The predicted octanol–water partition coefficient (Wildman–Crippen LogP) is 4.77. The van der Waals surface area contributed by atoms with Crippen LogP contribution in [0.5, 0.6) is 11.5 Å². The van der Waals surface area contributed by atoms with Crippen molar-refractivity contribution in [3.63, 3.8) is 0 Å². The topological polar surface area (TPSA) is 125 Å². The van der Waals surface area contributed by atoms with E-state index in [0.29, 0.717) is 46.7 Å². The van der Waals surface area contributed by atoms with Gasteiger partial charge in [-0.05, 0) is 56.3 Å². The van der Waals surface area contributed by atoms with Crippen molar-refractivity contribution in [3.05, 3.63) is 71.6 Å². The van der Waals surface area contributed by atoms with Gasteiger partial charge in [0.1, 0.15) is 23.3 Å². The Balaban J connectivity index is 1.48. The zero-order valence-corrected chi connectivity index (χ0v) is 20.6. The normalized spacial score (nSPS) is 11.2. The molecule has 4 aromatic rings. The zero-order chi connectivity index (χ0) is 25.7. The van der Waals surface area contributed by atoms with Crippen LogP contribution in [-0.2, 0) is 11.3 Å². The minimum atomic E-state index is -1.06. The van der Waals surface area contributed by atoms with Crippen LogP contribution in [0.3, 0.4) is 0 Å². The molecule has 0 bridgehead atoms. The molecule has 0 unspecified atom stereocenters. The first-order chi connectivity index (χ1) is 17.2. The summed E-state index contributed by atoms with van der Waals surface area (Å²) < 4.78 is 7.78. The van der Waals surface area contributed by atoms with Crippen molar-refractivity contribution in [1.29, 1.82) is 5.26 Å². The number of hydrogen-bond acceptors (Lipinski definition) is 7. The number of carbonyl (C=O) groups is 1. The molecule has 0 atom stereocenters. The molecule has 184 valence electrons. The SMILES string of the molecule is CC(C)(O)CC(=O)NCCn1ccc2ncnc(Nc3ccc(Oc4cccc(C#N)c4)c(Cl)c3)c21. The molecule has 0 aliphatic heterocycles. The van der Waals surface area contributed by atoms with E-state index >= 15 is 0 Å². The highest BCUT2D eigenvalue weighted by Crippen LogP contribution is 2.33. The van der Waals surface area contributed by atoms with Gasteiger partial charge in [0.25, 0.3) is 0 Å². The standard InChI is InChI=1S/C26H25ClN6O3/c1-26(2,35)14-23(34)29-9-11-33-10-8-21-24(33)25(31-16-30-21)32-18-6-7-22(20(27)13-18)36-19-5-3-4-17(12-19)15-28/h3-8,10,12-13,16,35H,9,11,14H2,1-2H3,(H,29,34)(H,30,31,32). The predicted molar refractivity (Wildman–Crippen MR) is 137 cm³/mol. The van der Waals surface area contributed by atoms with E-state index in [-0.39, 0.29) is 12.3 Å². The minimum Gasteiger partial charge on any atom is -0.456 e. The fourth-order valence-corrected chi connectivity index (χ4v) is 3.85. The summed E-state index contributed by atoms with van der Waals surface area (Å²) in [5.74, 6) is 1.33. The van der Waals surface area contributed by atoms with Crippen LogP contribution < -0.4 is 15.4 Å². The van der Waals surface area contributed by atoms with E-state index in [4.69, 9.17) is 21.6 Å². The number of nitriles is 1. The summed E-state index contributed by atoms with van der Waals surface area (Å²) in [6, 6.07) is 16.1. The molecule has 0 radical (unpaired) electrons. The summed E-state index contributed by atoms with van der Waals surface area (Å²) in [6.07, 6.45) is 3.38. The number of nitrogens with zero attached hydrogens (tertiary/aromatic N) is 4. The smallest absolute Gasteiger partial charge is 0.222 e. The van der Waals surface area contributed by atoms with Gasteiger partial charge in [0.05, 0.1) is 34.2 Å². The van der Waals surface area contributed by atoms with Crippen LogP contribution in [0.1, 0.15) is 25.8 Å². The fraction of sp³-hybridized carbons (Fsp3) is 0.231. The first-order valence-corrected chi connectivity index (χ1v) is 11.6. The Bertz CT molecular complexity index is 1440. The molecule has 0 saturated carbocycles. The maximum Gasteiger partial charge on any atom is 0.222 e. The third-order valence-corrected chi connectivity index (χ3v) is 5.50. The summed E-state index contributed by atoms with van der Waals surface area (Å²) in [4.78, 5) is 20.7. The third kappa shape index (κ3) is 6.30. The number of carbonyl (C=O) groups excluding carboxylic acids is 1. The van der Waals surface area contributed by atoms with Crippen molar-refractivity contribution in [1.82, 2.24) is 19.9 Å². The van der Waals surface area contributed by atoms with E-state index in [2.05, 4.69) is 26.7 Å². The number of ether oxygens (including phenoxy) is 1. The Morgan fingerprint density at radius 1 is 1.22 bits per heavy atom. The first kappa shape index (κ1) is 25.0. The highest BCUT2D eigenvalue weighted by molar-refractivity contribution is 6.32. The molecule has 36 heavy (non-hydrogen) atoms. The Hall–Kier alpha value is -4.13. The second-order valence-electron chi connectivity index (χ2n) is 8.82. The molecule has 1 amide bonds. The van der Waals surface area contributed by atoms with Crippen molar-refractivity contribution < 1.29 is 14.6 Å². The van der Waals surface area contributed by atoms with Gasteiger partial charge in [-0.3, -0.25) is 4.79 Å². The van der Waals surface area contributed by atoms with E-state index in [1.165, 1.54) is 6.33 Å². The Morgan fingerprint density at radius 2 is 2.06 bits per heavy atom. The van der Waals surface area contributed by atoms with Crippen molar-refractivity contribution in [3.8, 4) is 17.6 Å². The number of hydrogen-bond donors (Lipinski definition) is 3. The lowest BCUT2D eigenvalue weighted by Gasteiger charge is -2.16. The number of fused-ring (bicyclic) bond motifs is 1. The van der Waals surface area contributed by atoms with E-state index in [1.807, 2.05) is 22.9 Å². The van der Waals surface area contributed by atoms with Gasteiger partial charge in [-0.2, -0.15) is 5.26 Å². The summed E-state index contributed by atoms with van der Waals surface area (Å²) in [6.45, 7) is 4.08. The number of benzene rings is 2. The van der Waals surface area contributed by atoms with Crippen LogP contribution in [0.4, 0.5) is 11.5 Å². The van der Waals surface area contributed by atoms with Gasteiger partial charge in [0, 0.05) is 25.0 Å². The molecule has 0 spiro atoms. The summed E-state index contributed by atoms with van der Waals surface area (Å²) in [7, 11) is 0. The average Bonchev–Trinajstić information content (AvgIpc) is 3.24. The molecule has 0 fully saturated rings. The Kier molecular flexibility index (Phi) is 7.38. The fourth-order valence-electron chi connectivity index (χ4n) is 3.64. The van der Waals surface area contributed by atoms with E-state index < -0.39 is 5.60 Å². The average molecular weight is 505 g/mol. The van der Waals surface area contributed by atoms with Crippen molar-refractivity contribution in [2.45, 2.75) is 32.4 Å². The number of rotatable bonds is 9. The minimum absolute atomic E-state index is 0.0274. The highest BCUT2D eigenvalue weighted by atomic mass is 35.5. The number of aliphatic hydroxyl groups is 1. The number of anilines is 2. The third-order valence-electron chi connectivity index (χ3n) is 5.20. The van der Waals surface area contributed by atoms with Crippen LogP contribution in [-0.4, -0.2) is 37.7 Å². The second-order valence-corrected chi connectivity index (χ2v) is 9.22. The van der Waals surface area contributed by atoms with E-state index in [0.717, 1.165) is 11.0 Å². The Labute approximate surface area is 213 Å². The molecule has 4 rings (SSSR count). The van der Waals surface area contributed by atoms with Crippen LogP contribution >= 0.6 is 11.6 Å². The van der Waals surface area contributed by atoms with Gasteiger partial charge < -0.3 is 25.0 Å². The number of nitrogens with one attached hydrogen (secondary N) is 2. The Morgan fingerprint density at radius 3 is 2.81 bits per heavy atom. The van der Waals surface area contributed by atoms with Crippen molar-refractivity contribution in [2.24, 2.45) is 0 Å². The number of aromatic nitrogens is 3. The molecule has 0 aliphatic rings. The van der Waals surface area contributed by atoms with E-state index in [9.17, 15) is 9.90 Å². The van der Waals surface area contributed by atoms with Crippen LogP contribution in [0.25, 0.3) is 11.0 Å². The molecule has 3 N–H and O–H groups in total. The molecule has 10 heteroatoms. The lowest BCUT2D eigenvalue weighted by Crippen LogP contribution is -2.33. The van der Waals surface area contributed by atoms with Gasteiger partial charge in [-0.25, -0.2) is 9.97 Å². The quantitative estimate of drug-likeness (QED) is 0.300. The highest BCUT2D eigenvalue weighted by Gasteiger charge is 2.18. The summed E-state index contributed by atoms with van der Waals surface area (Å²) in [5, 5.41) is 25.4. The second kappa shape index (κ2) is 10.6. The lowest BCUT2D eigenvalue weighted by atomic mass is 10.1. The molecular weight excluding hydrogens is 480 g/mol. The van der Waals surface area contributed by atoms with Gasteiger partial charge in [0.2, 0.25) is 5.91 Å². The first-order valence-electron chi connectivity index (χ1n) is 11.3. The van der Waals surface area contributed by atoms with Crippen LogP contribution in [0.2, 0.25) is 5.02 Å². The van der Waals surface area contributed by atoms with Gasteiger partial charge in [-0.15, -0.1) is 0 Å². The maximum absolute atomic E-state index is 12.0. The lowest BCUT2D eigenvalue weighted by molar-refractivity contribution is -0.124. The molecule has 2 aromatic carbocycles. The molecule has 2 heterocycles. The van der Waals surface area contributed by atoms with Gasteiger partial charge >= 0.3 is 0 Å². The van der Waals surface area contributed by atoms with Crippen molar-refractivity contribution in [2.75, 3.05) is 11.9 Å². The molecule has 9 nitrogen and oxygen atoms in total.